The van der Waals surface area contributed by atoms with Crippen molar-refractivity contribution in [1.29, 1.82) is 0 Å². The van der Waals surface area contributed by atoms with Gasteiger partial charge in [-0.15, -0.1) is 0 Å². The van der Waals surface area contributed by atoms with E-state index in [1.807, 2.05) is 32.1 Å². The number of hydrogen-bond donors (Lipinski definition) is 2. The minimum Gasteiger partial charge on any atom is -0.386 e. The molecule has 3 heteroatoms. The zero-order valence-electron chi connectivity index (χ0n) is 13.0. The first-order chi connectivity index (χ1) is 11.0. The van der Waals surface area contributed by atoms with Crippen molar-refractivity contribution in [3.63, 3.8) is 0 Å². The highest BCUT2D eigenvalue weighted by molar-refractivity contribution is 6.11. The van der Waals surface area contributed by atoms with E-state index in [-0.39, 0.29) is 5.82 Å². The maximum Gasteiger partial charge on any atom is 0.123 e. The number of aryl methyl sites for hydroxylation is 2. The van der Waals surface area contributed by atoms with Crippen LogP contribution in [0, 0.1) is 19.7 Å². The molecule has 2 unspecified atom stereocenters. The van der Waals surface area contributed by atoms with Crippen LogP contribution in [0.3, 0.4) is 0 Å². The zero-order chi connectivity index (χ0) is 16.3. The van der Waals surface area contributed by atoms with Crippen LogP contribution in [0.1, 0.15) is 28.4 Å². The van der Waals surface area contributed by atoms with E-state index in [2.05, 4.69) is 0 Å². The molecule has 0 aliphatic heterocycles. The fourth-order valence-corrected chi connectivity index (χ4v) is 3.76. The molecule has 0 radical (unpaired) electrons. The quantitative estimate of drug-likeness (QED) is 0.612. The molecule has 3 aromatic carbocycles. The Morgan fingerprint density at radius 1 is 0.957 bits per heavy atom. The van der Waals surface area contributed by atoms with Crippen LogP contribution in [-0.4, -0.2) is 16.3 Å². The van der Waals surface area contributed by atoms with Crippen molar-refractivity contribution in [3.05, 3.63) is 64.5 Å². The van der Waals surface area contributed by atoms with Gasteiger partial charge in [-0.05, 0) is 69.8 Å². The molecule has 2 nitrogen and oxygen atoms in total. The Hall–Kier alpha value is -2.23. The van der Waals surface area contributed by atoms with Crippen LogP contribution in [0.4, 0.5) is 4.39 Å². The Morgan fingerprint density at radius 2 is 1.70 bits per heavy atom. The number of rotatable bonds is 0. The molecule has 0 fully saturated rings. The smallest absolute Gasteiger partial charge is 0.123 e. The van der Waals surface area contributed by atoms with Crippen LogP contribution in [0.25, 0.3) is 27.6 Å². The summed E-state index contributed by atoms with van der Waals surface area (Å²) in [6.45, 7) is 3.93. The van der Waals surface area contributed by atoms with Gasteiger partial charge in [0.15, 0.2) is 0 Å². The van der Waals surface area contributed by atoms with Crippen molar-refractivity contribution in [2.45, 2.75) is 26.1 Å². The SMILES string of the molecule is Cc1c2c(c(C)c3c1ccc1ccc(F)cc13)C=CC(O)C2O. The summed E-state index contributed by atoms with van der Waals surface area (Å²) in [5.41, 5.74) is 3.62. The average Bonchev–Trinajstić information content (AvgIpc) is 2.54. The van der Waals surface area contributed by atoms with E-state index < -0.39 is 12.2 Å². The van der Waals surface area contributed by atoms with Crippen LogP contribution >= 0.6 is 0 Å². The van der Waals surface area contributed by atoms with Gasteiger partial charge in [0.1, 0.15) is 18.0 Å². The van der Waals surface area contributed by atoms with Crippen LogP contribution in [0.5, 0.6) is 0 Å². The molecular formula is C20H17FO2. The monoisotopic (exact) mass is 308 g/mol. The highest BCUT2D eigenvalue weighted by Crippen LogP contribution is 2.40. The van der Waals surface area contributed by atoms with Crippen molar-refractivity contribution < 1.29 is 14.6 Å². The van der Waals surface area contributed by atoms with Crippen molar-refractivity contribution in [2.24, 2.45) is 0 Å². The molecule has 2 N–H and O–H groups in total. The minimum absolute atomic E-state index is 0.259. The molecule has 23 heavy (non-hydrogen) atoms. The second-order valence-electron chi connectivity index (χ2n) is 6.23. The Balaban J connectivity index is 2.23. The fraction of sp³-hybridized carbons (Fsp3) is 0.200. The topological polar surface area (TPSA) is 40.5 Å². The molecule has 4 rings (SSSR count). The van der Waals surface area contributed by atoms with Gasteiger partial charge >= 0.3 is 0 Å². The third-order valence-electron chi connectivity index (χ3n) is 4.94. The molecule has 0 spiro atoms. The van der Waals surface area contributed by atoms with E-state index in [1.54, 1.807) is 18.2 Å². The molecule has 116 valence electrons. The van der Waals surface area contributed by atoms with Crippen LogP contribution in [0.2, 0.25) is 0 Å². The number of fused-ring (bicyclic) bond motifs is 4. The van der Waals surface area contributed by atoms with Crippen LogP contribution < -0.4 is 0 Å². The van der Waals surface area contributed by atoms with Crippen molar-refractivity contribution in [1.82, 2.24) is 0 Å². The molecule has 0 saturated carbocycles. The Labute approximate surface area is 133 Å². The lowest BCUT2D eigenvalue weighted by atomic mass is 9.82. The molecule has 0 aromatic heterocycles. The summed E-state index contributed by atoms with van der Waals surface area (Å²) in [6.07, 6.45) is 1.64. The average molecular weight is 308 g/mol. The fourth-order valence-electron chi connectivity index (χ4n) is 3.76. The van der Waals surface area contributed by atoms with Gasteiger partial charge in [0.2, 0.25) is 0 Å². The summed E-state index contributed by atoms with van der Waals surface area (Å²) in [5.74, 6) is -0.259. The van der Waals surface area contributed by atoms with Gasteiger partial charge in [0.25, 0.3) is 0 Å². The van der Waals surface area contributed by atoms with E-state index in [9.17, 15) is 14.6 Å². The lowest BCUT2D eigenvalue weighted by molar-refractivity contribution is 0.0466. The predicted molar refractivity (Wildman–Crippen MR) is 90.9 cm³/mol. The van der Waals surface area contributed by atoms with Crippen LogP contribution in [0.15, 0.2) is 36.4 Å². The van der Waals surface area contributed by atoms with Gasteiger partial charge in [-0.1, -0.05) is 30.4 Å². The van der Waals surface area contributed by atoms with Gasteiger partial charge in [0, 0.05) is 0 Å². The molecule has 2 atom stereocenters. The molecule has 1 aliphatic carbocycles. The highest BCUT2D eigenvalue weighted by atomic mass is 19.1. The molecule has 1 aliphatic rings. The van der Waals surface area contributed by atoms with Gasteiger partial charge in [-0.3, -0.25) is 0 Å². The Bertz CT molecular complexity index is 988. The zero-order valence-corrected chi connectivity index (χ0v) is 13.0. The van der Waals surface area contributed by atoms with E-state index >= 15 is 0 Å². The number of hydrogen-bond acceptors (Lipinski definition) is 2. The molecule has 0 saturated heterocycles. The van der Waals surface area contributed by atoms with Crippen molar-refractivity contribution >= 4 is 27.6 Å². The number of aliphatic hydroxyl groups excluding tert-OH is 2. The maximum atomic E-state index is 13.8. The number of benzene rings is 3. The summed E-state index contributed by atoms with van der Waals surface area (Å²) in [5, 5.41) is 24.2. The van der Waals surface area contributed by atoms with Crippen LogP contribution in [-0.2, 0) is 0 Å². The first kappa shape index (κ1) is 14.4. The largest absolute Gasteiger partial charge is 0.386 e. The van der Waals surface area contributed by atoms with E-state index in [0.29, 0.717) is 0 Å². The Morgan fingerprint density at radius 3 is 2.48 bits per heavy atom. The lowest BCUT2D eigenvalue weighted by Gasteiger charge is -2.27. The van der Waals surface area contributed by atoms with Crippen molar-refractivity contribution in [3.8, 4) is 0 Å². The second-order valence-corrected chi connectivity index (χ2v) is 6.23. The first-order valence-electron chi connectivity index (χ1n) is 7.68. The van der Waals surface area contributed by atoms with E-state index in [4.69, 9.17) is 0 Å². The standard InChI is InChI=1S/C20H17FO2/c1-10-15-7-8-17(22)20(23)19(15)11(2)14-6-4-12-3-5-13(21)9-16(12)18(10)14/h3-9,17,20,22-23H,1-2H3. The van der Waals surface area contributed by atoms with E-state index in [1.165, 1.54) is 6.07 Å². The van der Waals surface area contributed by atoms with Gasteiger partial charge in [-0.2, -0.15) is 0 Å². The Kier molecular flexibility index (Phi) is 3.05. The highest BCUT2D eigenvalue weighted by Gasteiger charge is 2.27. The van der Waals surface area contributed by atoms with Crippen molar-refractivity contribution in [2.75, 3.05) is 0 Å². The second kappa shape index (κ2) is 4.88. The molecule has 0 bridgehead atoms. The molecular weight excluding hydrogens is 291 g/mol. The number of halogens is 1. The third-order valence-corrected chi connectivity index (χ3v) is 4.94. The molecule has 0 heterocycles. The van der Waals surface area contributed by atoms with Gasteiger partial charge in [0.05, 0.1) is 0 Å². The first-order valence-corrected chi connectivity index (χ1v) is 7.68. The summed E-state index contributed by atoms with van der Waals surface area (Å²) in [4.78, 5) is 0. The molecule has 3 aromatic rings. The number of aliphatic hydroxyl groups is 2. The lowest BCUT2D eigenvalue weighted by Crippen LogP contribution is -2.21. The minimum atomic E-state index is -0.929. The summed E-state index contributed by atoms with van der Waals surface area (Å²) >= 11 is 0. The third kappa shape index (κ3) is 1.94. The van der Waals surface area contributed by atoms with Gasteiger partial charge in [-0.25, -0.2) is 4.39 Å². The summed E-state index contributed by atoms with van der Waals surface area (Å²) < 4.78 is 13.8. The summed E-state index contributed by atoms with van der Waals surface area (Å²) in [7, 11) is 0. The van der Waals surface area contributed by atoms with Gasteiger partial charge < -0.3 is 10.2 Å². The predicted octanol–water partition coefficient (Wildman–Crippen LogP) is 4.17. The molecule has 0 amide bonds. The maximum absolute atomic E-state index is 13.8. The normalized spacial score (nSPS) is 20.2. The summed E-state index contributed by atoms with van der Waals surface area (Å²) in [6, 6.07) is 8.79. The van der Waals surface area contributed by atoms with E-state index in [0.717, 1.165) is 43.8 Å².